The number of hydrogen-bond donors (Lipinski definition) is 0. The maximum atomic E-state index is 12.7. The van der Waals surface area contributed by atoms with Crippen molar-refractivity contribution in [2.45, 2.75) is 30.7 Å². The minimum atomic E-state index is -3.40. The van der Waals surface area contributed by atoms with Crippen LogP contribution in [0.2, 0.25) is 0 Å². The van der Waals surface area contributed by atoms with E-state index < -0.39 is 10.0 Å². The van der Waals surface area contributed by atoms with E-state index in [1.54, 1.807) is 29.6 Å². The molecule has 0 radical (unpaired) electrons. The molecule has 0 aromatic heterocycles. The highest BCUT2D eigenvalue weighted by atomic mass is 32.2. The molecule has 0 unspecified atom stereocenters. The Morgan fingerprint density at radius 2 is 1.86 bits per heavy atom. The summed E-state index contributed by atoms with van der Waals surface area (Å²) in [5.74, 6) is 0.709. The van der Waals surface area contributed by atoms with Gasteiger partial charge in [-0.15, -0.1) is 0 Å². The number of ether oxygens (including phenoxy) is 1. The van der Waals surface area contributed by atoms with Crippen LogP contribution in [-0.4, -0.2) is 58.0 Å². The quantitative estimate of drug-likeness (QED) is 0.849. The summed E-state index contributed by atoms with van der Waals surface area (Å²) in [5.41, 5.74) is 0.835. The van der Waals surface area contributed by atoms with E-state index in [4.69, 9.17) is 4.74 Å². The lowest BCUT2D eigenvalue weighted by Crippen LogP contribution is -2.44. The zero-order valence-electron chi connectivity index (χ0n) is 13.2. The van der Waals surface area contributed by atoms with Crippen molar-refractivity contribution in [3.8, 4) is 5.75 Å². The average molecular weight is 312 g/mol. The minimum absolute atomic E-state index is 0.351. The fraction of sp³-hybridized carbons (Fsp3) is 0.600. The van der Waals surface area contributed by atoms with E-state index in [1.807, 2.05) is 21.0 Å². The first kappa shape index (κ1) is 16.3. The van der Waals surface area contributed by atoms with Crippen LogP contribution in [0.4, 0.5) is 0 Å². The molecule has 0 bridgehead atoms. The predicted molar refractivity (Wildman–Crippen MR) is 83.2 cm³/mol. The van der Waals surface area contributed by atoms with Crippen molar-refractivity contribution in [1.29, 1.82) is 0 Å². The molecule has 1 fully saturated rings. The van der Waals surface area contributed by atoms with Gasteiger partial charge in [-0.25, -0.2) is 8.42 Å². The monoisotopic (exact) mass is 312 g/mol. The highest BCUT2D eigenvalue weighted by Gasteiger charge is 2.30. The highest BCUT2D eigenvalue weighted by molar-refractivity contribution is 7.89. The molecule has 21 heavy (non-hydrogen) atoms. The Kier molecular flexibility index (Phi) is 4.91. The van der Waals surface area contributed by atoms with Gasteiger partial charge in [0.05, 0.1) is 12.0 Å². The highest BCUT2D eigenvalue weighted by Crippen LogP contribution is 2.26. The number of benzene rings is 1. The first-order chi connectivity index (χ1) is 9.86. The van der Waals surface area contributed by atoms with Crippen LogP contribution in [0.3, 0.4) is 0 Å². The summed E-state index contributed by atoms with van der Waals surface area (Å²) in [6.07, 6.45) is 1.75. The van der Waals surface area contributed by atoms with E-state index in [9.17, 15) is 8.42 Å². The molecular formula is C15H24N2O3S. The van der Waals surface area contributed by atoms with Crippen LogP contribution in [0, 0.1) is 6.92 Å². The molecule has 5 nitrogen and oxygen atoms in total. The third-order valence-corrected chi connectivity index (χ3v) is 6.05. The van der Waals surface area contributed by atoms with E-state index >= 15 is 0 Å². The second kappa shape index (κ2) is 6.34. The van der Waals surface area contributed by atoms with Gasteiger partial charge in [0, 0.05) is 19.1 Å². The SMILES string of the molecule is COc1ccc(S(=O)(=O)N2CCC(N(C)C)CC2)cc1C. The van der Waals surface area contributed by atoms with Gasteiger partial charge >= 0.3 is 0 Å². The zero-order chi connectivity index (χ0) is 15.6. The lowest BCUT2D eigenvalue weighted by Gasteiger charge is -2.34. The predicted octanol–water partition coefficient (Wildman–Crippen LogP) is 1.72. The summed E-state index contributed by atoms with van der Waals surface area (Å²) >= 11 is 0. The molecule has 1 heterocycles. The zero-order valence-corrected chi connectivity index (χ0v) is 14.0. The Hall–Kier alpha value is -1.11. The van der Waals surface area contributed by atoms with Gasteiger partial charge in [0.15, 0.2) is 0 Å². The Morgan fingerprint density at radius 1 is 1.24 bits per heavy atom. The average Bonchev–Trinajstić information content (AvgIpc) is 2.47. The largest absolute Gasteiger partial charge is 0.496 e. The molecule has 1 saturated heterocycles. The molecule has 0 spiro atoms. The fourth-order valence-electron chi connectivity index (χ4n) is 2.76. The molecule has 118 valence electrons. The van der Waals surface area contributed by atoms with Crippen molar-refractivity contribution in [1.82, 2.24) is 9.21 Å². The maximum absolute atomic E-state index is 12.7. The molecule has 0 aliphatic carbocycles. The number of aryl methyl sites for hydroxylation is 1. The number of nitrogens with zero attached hydrogens (tertiary/aromatic N) is 2. The Morgan fingerprint density at radius 3 is 2.33 bits per heavy atom. The van der Waals surface area contributed by atoms with Crippen LogP contribution >= 0.6 is 0 Å². The van der Waals surface area contributed by atoms with E-state index in [2.05, 4.69) is 4.90 Å². The Balaban J connectivity index is 2.17. The van der Waals surface area contributed by atoms with Gasteiger partial charge in [-0.2, -0.15) is 4.31 Å². The standard InChI is InChI=1S/C15H24N2O3S/c1-12-11-14(5-6-15(12)20-4)21(18,19)17-9-7-13(8-10-17)16(2)3/h5-6,11,13H,7-10H2,1-4H3. The van der Waals surface area contributed by atoms with E-state index in [1.165, 1.54) is 0 Å². The summed E-state index contributed by atoms with van der Waals surface area (Å²) in [7, 11) is 2.27. The molecule has 1 aliphatic rings. The van der Waals surface area contributed by atoms with Crippen LogP contribution in [-0.2, 0) is 10.0 Å². The molecular weight excluding hydrogens is 288 g/mol. The molecule has 0 N–H and O–H groups in total. The van der Waals surface area contributed by atoms with Crippen molar-refractivity contribution in [3.63, 3.8) is 0 Å². The van der Waals surface area contributed by atoms with Crippen LogP contribution in [0.5, 0.6) is 5.75 Å². The number of sulfonamides is 1. The van der Waals surface area contributed by atoms with Crippen LogP contribution in [0.1, 0.15) is 18.4 Å². The van der Waals surface area contributed by atoms with E-state index in [-0.39, 0.29) is 0 Å². The number of hydrogen-bond acceptors (Lipinski definition) is 4. The molecule has 1 aromatic rings. The van der Waals surface area contributed by atoms with E-state index in [0.717, 1.165) is 18.4 Å². The summed E-state index contributed by atoms with van der Waals surface area (Å²) in [5, 5.41) is 0. The van der Waals surface area contributed by atoms with Gasteiger partial charge in [-0.1, -0.05) is 0 Å². The van der Waals surface area contributed by atoms with Gasteiger partial charge in [0.1, 0.15) is 5.75 Å². The van der Waals surface area contributed by atoms with Crippen molar-refractivity contribution < 1.29 is 13.2 Å². The van der Waals surface area contributed by atoms with Gasteiger partial charge < -0.3 is 9.64 Å². The number of rotatable bonds is 4. The van der Waals surface area contributed by atoms with Crippen LogP contribution < -0.4 is 4.74 Å². The second-order valence-corrected chi connectivity index (χ2v) is 7.67. The third kappa shape index (κ3) is 3.39. The molecule has 6 heteroatoms. The normalized spacial score (nSPS) is 18.1. The van der Waals surface area contributed by atoms with Crippen LogP contribution in [0.25, 0.3) is 0 Å². The van der Waals surface area contributed by atoms with Gasteiger partial charge in [0.2, 0.25) is 10.0 Å². The second-order valence-electron chi connectivity index (χ2n) is 5.73. The summed E-state index contributed by atoms with van der Waals surface area (Å²) in [6, 6.07) is 5.49. The van der Waals surface area contributed by atoms with Crippen molar-refractivity contribution >= 4 is 10.0 Å². The molecule has 1 aromatic carbocycles. The van der Waals surface area contributed by atoms with Crippen LogP contribution in [0.15, 0.2) is 23.1 Å². The topological polar surface area (TPSA) is 49.9 Å². The molecule has 0 saturated carbocycles. The van der Waals surface area contributed by atoms with Crippen molar-refractivity contribution in [2.75, 3.05) is 34.3 Å². The smallest absolute Gasteiger partial charge is 0.243 e. The maximum Gasteiger partial charge on any atom is 0.243 e. The summed E-state index contributed by atoms with van der Waals surface area (Å²) in [4.78, 5) is 2.52. The molecule has 2 rings (SSSR count). The van der Waals surface area contributed by atoms with E-state index in [0.29, 0.717) is 29.8 Å². The first-order valence-electron chi connectivity index (χ1n) is 7.17. The summed E-state index contributed by atoms with van der Waals surface area (Å²) < 4.78 is 32.2. The molecule has 1 aliphatic heterocycles. The first-order valence-corrected chi connectivity index (χ1v) is 8.61. The number of methoxy groups -OCH3 is 1. The van der Waals surface area contributed by atoms with Gasteiger partial charge in [-0.3, -0.25) is 0 Å². The minimum Gasteiger partial charge on any atom is -0.496 e. The third-order valence-electron chi connectivity index (χ3n) is 4.16. The van der Waals surface area contributed by atoms with Gasteiger partial charge in [0.25, 0.3) is 0 Å². The Bertz CT molecular complexity index is 591. The fourth-order valence-corrected chi connectivity index (χ4v) is 4.31. The molecule has 0 atom stereocenters. The molecule has 0 amide bonds. The number of piperidine rings is 1. The van der Waals surface area contributed by atoms with Crippen molar-refractivity contribution in [2.24, 2.45) is 0 Å². The van der Waals surface area contributed by atoms with Crippen molar-refractivity contribution in [3.05, 3.63) is 23.8 Å². The lowest BCUT2D eigenvalue weighted by molar-refractivity contribution is 0.196. The van der Waals surface area contributed by atoms with Gasteiger partial charge in [-0.05, 0) is 57.6 Å². The lowest BCUT2D eigenvalue weighted by atomic mass is 10.1. The Labute approximate surface area is 127 Å². The summed E-state index contributed by atoms with van der Waals surface area (Å²) in [6.45, 7) is 3.02.